The van der Waals surface area contributed by atoms with Gasteiger partial charge in [-0.1, -0.05) is 78.8 Å². The first-order valence-corrected chi connectivity index (χ1v) is 15.4. The Hall–Kier alpha value is -3.85. The number of H-pyrrole nitrogens is 1. The third-order valence-electron chi connectivity index (χ3n) is 7.21. The Balaban J connectivity index is 0.000000441. The van der Waals surface area contributed by atoms with Gasteiger partial charge in [-0.3, -0.25) is 0 Å². The molecule has 41 heavy (non-hydrogen) atoms. The van der Waals surface area contributed by atoms with Crippen LogP contribution in [0.2, 0.25) is 0 Å². The third kappa shape index (κ3) is 6.25. The number of fused-ring (bicyclic) bond motifs is 6. The molecule has 0 fully saturated rings. The van der Waals surface area contributed by atoms with Crippen LogP contribution in [-0.2, 0) is 12.8 Å². The van der Waals surface area contributed by atoms with Crippen molar-refractivity contribution in [3.63, 3.8) is 0 Å². The lowest BCUT2D eigenvalue weighted by atomic mass is 9.90. The summed E-state index contributed by atoms with van der Waals surface area (Å²) < 4.78 is 15.9. The number of aromatic nitrogens is 2. The van der Waals surface area contributed by atoms with E-state index in [1.165, 1.54) is 55.5 Å². The Morgan fingerprint density at radius 3 is 2.24 bits per heavy atom. The number of hydrogen-bond donors (Lipinski definition) is 1. The highest BCUT2D eigenvalue weighted by Crippen LogP contribution is 2.39. The van der Waals surface area contributed by atoms with Crippen molar-refractivity contribution in [2.45, 2.75) is 74.1 Å². The maximum absolute atomic E-state index is 13.6. The second-order valence-corrected chi connectivity index (χ2v) is 10.8. The second kappa shape index (κ2) is 13.7. The summed E-state index contributed by atoms with van der Waals surface area (Å²) in [5.74, 6) is 0.629. The Labute approximate surface area is 245 Å². The maximum atomic E-state index is 13.6. The van der Waals surface area contributed by atoms with E-state index in [2.05, 4.69) is 91.0 Å². The van der Waals surface area contributed by atoms with Crippen LogP contribution in [0.25, 0.3) is 45.2 Å². The molecule has 2 nitrogen and oxygen atoms in total. The molecule has 1 N–H and O–H groups in total. The predicted molar refractivity (Wildman–Crippen MR) is 178 cm³/mol. The zero-order valence-electron chi connectivity index (χ0n) is 25.8. The maximum Gasteiger partial charge on any atom is 0.123 e. The SMILES string of the molecule is CC.CC.CC(C)C.Fc1ccc(-n2c3c(c4ccccc42)C=C(c2ccc4[nH]c5c(c4c2)CCC=C5)CC3)cc1. The van der Waals surface area contributed by atoms with Gasteiger partial charge < -0.3 is 9.55 Å². The van der Waals surface area contributed by atoms with Crippen LogP contribution in [0.4, 0.5) is 4.39 Å². The molecule has 2 aliphatic rings. The van der Waals surface area contributed by atoms with E-state index < -0.39 is 0 Å². The number of hydrogen-bond acceptors (Lipinski definition) is 0. The number of allylic oxidation sites excluding steroid dienone is 2. The molecule has 0 saturated carbocycles. The summed E-state index contributed by atoms with van der Waals surface area (Å²) in [6.07, 6.45) is 11.0. The number of benzene rings is 3. The molecule has 2 aliphatic carbocycles. The van der Waals surface area contributed by atoms with Crippen molar-refractivity contribution in [1.29, 1.82) is 0 Å². The van der Waals surface area contributed by atoms with Gasteiger partial charge in [0, 0.05) is 38.9 Å². The van der Waals surface area contributed by atoms with Crippen molar-refractivity contribution in [3.05, 3.63) is 107 Å². The molecular formula is C38H45FN2. The van der Waals surface area contributed by atoms with Gasteiger partial charge in [-0.05, 0) is 103 Å². The highest BCUT2D eigenvalue weighted by molar-refractivity contribution is 6.00. The first kappa shape index (κ1) is 30.1. The Bertz CT molecular complexity index is 1660. The molecule has 0 spiro atoms. The lowest BCUT2D eigenvalue weighted by molar-refractivity contribution is 0.627. The average molecular weight is 549 g/mol. The zero-order chi connectivity index (χ0) is 29.5. The van der Waals surface area contributed by atoms with E-state index in [9.17, 15) is 4.39 Å². The molecule has 0 amide bonds. The molecule has 3 aromatic carbocycles. The normalized spacial score (nSPS) is 13.2. The monoisotopic (exact) mass is 548 g/mol. The minimum Gasteiger partial charge on any atom is -0.355 e. The van der Waals surface area contributed by atoms with Crippen molar-refractivity contribution in [1.82, 2.24) is 9.55 Å². The number of nitrogens with one attached hydrogen (secondary N) is 1. The van der Waals surface area contributed by atoms with E-state index in [1.807, 2.05) is 39.8 Å². The van der Waals surface area contributed by atoms with Gasteiger partial charge in [0.2, 0.25) is 0 Å². The molecule has 2 aromatic heterocycles. The van der Waals surface area contributed by atoms with E-state index in [-0.39, 0.29) is 5.82 Å². The van der Waals surface area contributed by atoms with Crippen LogP contribution in [0.5, 0.6) is 0 Å². The topological polar surface area (TPSA) is 20.7 Å². The van der Waals surface area contributed by atoms with Crippen molar-refractivity contribution in [2.75, 3.05) is 0 Å². The molecule has 0 atom stereocenters. The van der Waals surface area contributed by atoms with Crippen LogP contribution in [0, 0.1) is 11.7 Å². The second-order valence-electron chi connectivity index (χ2n) is 10.8. The molecule has 0 radical (unpaired) electrons. The fourth-order valence-electron chi connectivity index (χ4n) is 5.65. The largest absolute Gasteiger partial charge is 0.355 e. The highest BCUT2D eigenvalue weighted by Gasteiger charge is 2.22. The summed E-state index contributed by atoms with van der Waals surface area (Å²) in [4.78, 5) is 3.58. The van der Waals surface area contributed by atoms with Gasteiger partial charge in [-0.25, -0.2) is 4.39 Å². The molecule has 0 aliphatic heterocycles. The lowest BCUT2D eigenvalue weighted by Gasteiger charge is -2.18. The third-order valence-corrected chi connectivity index (χ3v) is 7.21. The van der Waals surface area contributed by atoms with E-state index in [1.54, 1.807) is 12.1 Å². The van der Waals surface area contributed by atoms with Gasteiger partial charge in [0.25, 0.3) is 0 Å². The number of aromatic amines is 1. The van der Waals surface area contributed by atoms with E-state index in [0.29, 0.717) is 0 Å². The summed E-state index contributed by atoms with van der Waals surface area (Å²) in [6.45, 7) is 14.5. The van der Waals surface area contributed by atoms with Crippen LogP contribution >= 0.6 is 0 Å². The van der Waals surface area contributed by atoms with Gasteiger partial charge in [-0.2, -0.15) is 0 Å². The molecule has 5 aromatic rings. The summed E-state index contributed by atoms with van der Waals surface area (Å²) in [5, 5.41) is 2.60. The molecular weight excluding hydrogens is 503 g/mol. The number of aryl methyl sites for hydroxylation is 1. The highest BCUT2D eigenvalue weighted by atomic mass is 19.1. The molecule has 0 bridgehead atoms. The molecule has 214 valence electrons. The number of nitrogens with zero attached hydrogens (tertiary/aromatic N) is 1. The Morgan fingerprint density at radius 2 is 1.51 bits per heavy atom. The fraction of sp³-hybridized carbons (Fsp3) is 0.316. The molecule has 2 heterocycles. The lowest BCUT2D eigenvalue weighted by Crippen LogP contribution is -2.05. The minimum absolute atomic E-state index is 0.205. The van der Waals surface area contributed by atoms with E-state index in [0.717, 1.165) is 37.3 Å². The van der Waals surface area contributed by atoms with E-state index >= 15 is 0 Å². The average Bonchev–Trinajstić information content (AvgIpc) is 3.54. The molecule has 7 rings (SSSR count). The van der Waals surface area contributed by atoms with Crippen LogP contribution in [0.15, 0.2) is 72.8 Å². The van der Waals surface area contributed by atoms with Crippen LogP contribution in [0.3, 0.4) is 0 Å². The Morgan fingerprint density at radius 1 is 0.805 bits per heavy atom. The number of para-hydroxylation sites is 1. The van der Waals surface area contributed by atoms with Crippen molar-refractivity contribution >= 4 is 39.5 Å². The standard InChI is InChI=1S/C30H23FN2.C4H10.2C2H6/c31-21-11-13-22(14-12-21)33-29-8-4-2-6-24(29)26-18-20(10-16-30(26)33)19-9-15-28-25(17-19)23-5-1-3-7-27(23)32-28;1-4(2)3;2*1-2/h2-4,6-9,11-15,17-18,32H,1,5,10,16H2;4H,1-3H3;2*1-2H3. The fourth-order valence-corrected chi connectivity index (χ4v) is 5.65. The predicted octanol–water partition coefficient (Wildman–Crippen LogP) is 11.4. The van der Waals surface area contributed by atoms with Crippen molar-refractivity contribution in [2.24, 2.45) is 5.92 Å². The summed E-state index contributed by atoms with van der Waals surface area (Å²) in [7, 11) is 0. The Kier molecular flexibility index (Phi) is 10.0. The van der Waals surface area contributed by atoms with E-state index in [4.69, 9.17) is 0 Å². The van der Waals surface area contributed by atoms with Crippen molar-refractivity contribution in [3.8, 4) is 5.69 Å². The molecule has 0 unspecified atom stereocenters. The molecule has 3 heteroatoms. The van der Waals surface area contributed by atoms with Gasteiger partial charge >= 0.3 is 0 Å². The van der Waals surface area contributed by atoms with Gasteiger partial charge in [0.15, 0.2) is 0 Å². The minimum atomic E-state index is -0.205. The summed E-state index contributed by atoms with van der Waals surface area (Å²) >= 11 is 0. The zero-order valence-corrected chi connectivity index (χ0v) is 25.8. The first-order valence-electron chi connectivity index (χ1n) is 15.4. The van der Waals surface area contributed by atoms with Gasteiger partial charge in [0.1, 0.15) is 5.82 Å². The summed E-state index contributed by atoms with van der Waals surface area (Å²) in [5.41, 5.74) is 11.4. The van der Waals surface area contributed by atoms with Gasteiger partial charge in [-0.15, -0.1) is 0 Å². The summed E-state index contributed by atoms with van der Waals surface area (Å²) in [6, 6.07) is 22.2. The van der Waals surface area contributed by atoms with Crippen LogP contribution < -0.4 is 0 Å². The van der Waals surface area contributed by atoms with Crippen LogP contribution in [-0.4, -0.2) is 9.55 Å². The first-order chi connectivity index (χ1) is 20.0. The molecule has 0 saturated heterocycles. The smallest absolute Gasteiger partial charge is 0.123 e. The number of rotatable bonds is 2. The quantitative estimate of drug-likeness (QED) is 0.226. The van der Waals surface area contributed by atoms with Crippen molar-refractivity contribution < 1.29 is 4.39 Å². The van der Waals surface area contributed by atoms with Gasteiger partial charge in [0.05, 0.1) is 5.52 Å². The van der Waals surface area contributed by atoms with Crippen LogP contribution in [0.1, 0.15) is 89.4 Å². The number of halogens is 1.